The third-order valence-corrected chi connectivity index (χ3v) is 4.78. The molecular formula is C23H17N5O. The van der Waals surface area contributed by atoms with Crippen molar-refractivity contribution in [1.29, 1.82) is 0 Å². The number of hydrazone groups is 1. The van der Waals surface area contributed by atoms with Crippen LogP contribution in [0.2, 0.25) is 0 Å². The van der Waals surface area contributed by atoms with Crippen LogP contribution in [0.15, 0.2) is 95.0 Å². The van der Waals surface area contributed by atoms with Crippen LogP contribution in [0.25, 0.3) is 27.5 Å². The van der Waals surface area contributed by atoms with Crippen molar-refractivity contribution in [3.8, 4) is 5.69 Å². The Kier molecular flexibility index (Phi) is 4.14. The largest absolute Gasteiger partial charge is 0.361 e. The van der Waals surface area contributed by atoms with Gasteiger partial charge in [-0.1, -0.05) is 48.5 Å². The average Bonchev–Trinajstić information content (AvgIpc) is 3.18. The van der Waals surface area contributed by atoms with Crippen molar-refractivity contribution >= 4 is 34.0 Å². The van der Waals surface area contributed by atoms with Crippen LogP contribution in [0.4, 0.5) is 5.95 Å². The second kappa shape index (κ2) is 7.09. The molecule has 5 aromatic rings. The number of para-hydroxylation sites is 3. The van der Waals surface area contributed by atoms with E-state index in [1.807, 2.05) is 79.0 Å². The lowest BCUT2D eigenvalue weighted by atomic mass is 10.2. The Morgan fingerprint density at radius 1 is 0.897 bits per heavy atom. The lowest BCUT2D eigenvalue weighted by Crippen LogP contribution is -2.22. The van der Waals surface area contributed by atoms with Crippen molar-refractivity contribution in [2.45, 2.75) is 0 Å². The van der Waals surface area contributed by atoms with Crippen LogP contribution >= 0.6 is 0 Å². The van der Waals surface area contributed by atoms with Gasteiger partial charge in [0.1, 0.15) is 0 Å². The number of aromatic amines is 1. The quantitative estimate of drug-likeness (QED) is 0.361. The van der Waals surface area contributed by atoms with Crippen LogP contribution in [0, 0.1) is 0 Å². The summed E-state index contributed by atoms with van der Waals surface area (Å²) in [7, 11) is 0. The highest BCUT2D eigenvalue weighted by Gasteiger charge is 2.12. The van der Waals surface area contributed by atoms with Crippen LogP contribution in [-0.4, -0.2) is 20.7 Å². The number of hydrogen-bond donors (Lipinski definition) is 2. The van der Waals surface area contributed by atoms with Gasteiger partial charge < -0.3 is 4.98 Å². The number of benzene rings is 3. The zero-order valence-electron chi connectivity index (χ0n) is 15.4. The Balaban J connectivity index is 1.59. The van der Waals surface area contributed by atoms with E-state index in [-0.39, 0.29) is 5.56 Å². The Labute approximate surface area is 166 Å². The molecule has 0 amide bonds. The van der Waals surface area contributed by atoms with Gasteiger partial charge in [-0.05, 0) is 30.3 Å². The Morgan fingerprint density at radius 3 is 2.48 bits per heavy atom. The van der Waals surface area contributed by atoms with E-state index in [1.54, 1.807) is 12.3 Å². The van der Waals surface area contributed by atoms with Gasteiger partial charge in [0.25, 0.3) is 5.56 Å². The normalized spacial score (nSPS) is 11.4. The maximum absolute atomic E-state index is 13.1. The number of nitrogens with zero attached hydrogens (tertiary/aromatic N) is 3. The van der Waals surface area contributed by atoms with Crippen LogP contribution in [-0.2, 0) is 0 Å². The fourth-order valence-corrected chi connectivity index (χ4v) is 3.38. The van der Waals surface area contributed by atoms with Crippen molar-refractivity contribution in [2.24, 2.45) is 5.10 Å². The lowest BCUT2D eigenvalue weighted by Gasteiger charge is -2.12. The molecule has 6 heteroatoms. The molecule has 5 rings (SSSR count). The molecule has 0 saturated heterocycles. The fourth-order valence-electron chi connectivity index (χ4n) is 3.38. The summed E-state index contributed by atoms with van der Waals surface area (Å²) in [6.07, 6.45) is 3.61. The van der Waals surface area contributed by atoms with Crippen molar-refractivity contribution < 1.29 is 0 Å². The molecule has 3 aromatic carbocycles. The molecule has 0 aliphatic heterocycles. The first-order valence-electron chi connectivity index (χ1n) is 9.24. The van der Waals surface area contributed by atoms with Crippen molar-refractivity contribution in [3.05, 3.63) is 101 Å². The average molecular weight is 379 g/mol. The summed E-state index contributed by atoms with van der Waals surface area (Å²) in [6, 6.07) is 24.7. The number of hydrogen-bond acceptors (Lipinski definition) is 4. The first kappa shape index (κ1) is 16.9. The van der Waals surface area contributed by atoms with Gasteiger partial charge in [0.2, 0.25) is 5.95 Å². The summed E-state index contributed by atoms with van der Waals surface area (Å²) in [5.74, 6) is 0.357. The van der Waals surface area contributed by atoms with Gasteiger partial charge in [-0.3, -0.25) is 4.79 Å². The maximum Gasteiger partial charge on any atom is 0.267 e. The minimum atomic E-state index is -0.147. The number of anilines is 1. The molecule has 0 fully saturated rings. The zero-order valence-corrected chi connectivity index (χ0v) is 15.4. The SMILES string of the molecule is O=c1c2ccccc2nc(NN=Cc2c[nH]c3ccccc23)n1-c1ccccc1. The van der Waals surface area contributed by atoms with E-state index in [9.17, 15) is 4.79 Å². The molecule has 0 unspecified atom stereocenters. The second-order valence-electron chi connectivity index (χ2n) is 6.59. The smallest absolute Gasteiger partial charge is 0.267 e. The molecule has 0 saturated carbocycles. The molecule has 0 spiro atoms. The van der Waals surface area contributed by atoms with Gasteiger partial charge in [0.05, 0.1) is 22.8 Å². The molecule has 0 aliphatic carbocycles. The Morgan fingerprint density at radius 2 is 1.62 bits per heavy atom. The van der Waals surface area contributed by atoms with Crippen LogP contribution in [0.1, 0.15) is 5.56 Å². The van der Waals surface area contributed by atoms with Crippen molar-refractivity contribution in [2.75, 3.05) is 5.43 Å². The van der Waals surface area contributed by atoms with Gasteiger partial charge in [-0.25, -0.2) is 15.0 Å². The minimum Gasteiger partial charge on any atom is -0.361 e. The molecule has 2 aromatic heterocycles. The summed E-state index contributed by atoms with van der Waals surface area (Å²) in [5.41, 5.74) is 6.14. The van der Waals surface area contributed by atoms with Gasteiger partial charge in [0.15, 0.2) is 0 Å². The van der Waals surface area contributed by atoms with E-state index in [4.69, 9.17) is 0 Å². The molecule has 0 radical (unpaired) electrons. The molecule has 0 bridgehead atoms. The van der Waals surface area contributed by atoms with Crippen LogP contribution < -0.4 is 11.0 Å². The van der Waals surface area contributed by atoms with Crippen LogP contribution in [0.3, 0.4) is 0 Å². The molecule has 6 nitrogen and oxygen atoms in total. The van der Waals surface area contributed by atoms with Gasteiger partial charge in [-0.15, -0.1) is 0 Å². The highest BCUT2D eigenvalue weighted by Crippen LogP contribution is 2.18. The Hall–Kier alpha value is -4.19. The van der Waals surface area contributed by atoms with E-state index in [0.717, 1.165) is 22.2 Å². The monoisotopic (exact) mass is 379 g/mol. The summed E-state index contributed by atoms with van der Waals surface area (Å²) in [5, 5.41) is 5.98. The third kappa shape index (κ3) is 3.06. The second-order valence-corrected chi connectivity index (χ2v) is 6.59. The highest BCUT2D eigenvalue weighted by atomic mass is 16.1. The molecule has 0 aliphatic rings. The van der Waals surface area contributed by atoms with Crippen molar-refractivity contribution in [3.63, 3.8) is 0 Å². The zero-order chi connectivity index (χ0) is 19.6. The van der Waals surface area contributed by atoms with Crippen molar-refractivity contribution in [1.82, 2.24) is 14.5 Å². The molecule has 29 heavy (non-hydrogen) atoms. The standard InChI is InChI=1S/C23H17N5O/c29-22-19-11-5-7-13-21(19)26-23(28(22)17-8-2-1-3-9-17)27-25-15-16-14-24-20-12-6-4-10-18(16)20/h1-15,24H,(H,26,27). The molecule has 140 valence electrons. The summed E-state index contributed by atoms with van der Waals surface area (Å²) >= 11 is 0. The maximum atomic E-state index is 13.1. The van der Waals surface area contributed by atoms with E-state index in [2.05, 4.69) is 20.5 Å². The first-order valence-corrected chi connectivity index (χ1v) is 9.24. The molecule has 2 heterocycles. The summed E-state index contributed by atoms with van der Waals surface area (Å²) in [4.78, 5) is 21.0. The third-order valence-electron chi connectivity index (χ3n) is 4.78. The minimum absolute atomic E-state index is 0.147. The summed E-state index contributed by atoms with van der Waals surface area (Å²) < 4.78 is 1.54. The molecule has 0 atom stereocenters. The highest BCUT2D eigenvalue weighted by molar-refractivity contribution is 5.99. The molecular weight excluding hydrogens is 362 g/mol. The van der Waals surface area contributed by atoms with E-state index in [1.165, 1.54) is 4.57 Å². The topological polar surface area (TPSA) is 75.1 Å². The van der Waals surface area contributed by atoms with E-state index in [0.29, 0.717) is 16.9 Å². The van der Waals surface area contributed by atoms with E-state index >= 15 is 0 Å². The Bertz CT molecular complexity index is 1400. The van der Waals surface area contributed by atoms with E-state index < -0.39 is 0 Å². The lowest BCUT2D eigenvalue weighted by molar-refractivity contribution is 0.956. The molecule has 2 N–H and O–H groups in total. The van der Waals surface area contributed by atoms with Gasteiger partial charge >= 0.3 is 0 Å². The number of rotatable bonds is 4. The fraction of sp³-hybridized carbons (Fsp3) is 0. The number of aromatic nitrogens is 3. The predicted octanol–water partition coefficient (Wildman–Crippen LogP) is 4.31. The van der Waals surface area contributed by atoms with Gasteiger partial charge in [0, 0.05) is 22.7 Å². The summed E-state index contributed by atoms with van der Waals surface area (Å²) in [6.45, 7) is 0. The number of fused-ring (bicyclic) bond motifs is 2. The predicted molar refractivity (Wildman–Crippen MR) is 117 cm³/mol. The van der Waals surface area contributed by atoms with Crippen LogP contribution in [0.5, 0.6) is 0 Å². The first-order chi connectivity index (χ1) is 14.3. The number of H-pyrrole nitrogens is 1. The number of nitrogens with one attached hydrogen (secondary N) is 2. The van der Waals surface area contributed by atoms with Gasteiger partial charge in [-0.2, -0.15) is 5.10 Å².